The molecule has 0 bridgehead atoms. The van der Waals surface area contributed by atoms with Gasteiger partial charge in [-0.25, -0.2) is 9.49 Å². The minimum absolute atomic E-state index is 0.0311. The van der Waals surface area contributed by atoms with Crippen LogP contribution >= 0.6 is 11.6 Å². The van der Waals surface area contributed by atoms with Crippen molar-refractivity contribution in [3.05, 3.63) is 74.9 Å². The molecular formula is C24H19ClF4N6O2. The average Bonchev–Trinajstić information content (AvgIpc) is 3.57. The summed E-state index contributed by atoms with van der Waals surface area (Å²) in [5.74, 6) is -2.01. The Morgan fingerprint density at radius 1 is 1.41 bits per heavy atom. The minimum Gasteiger partial charge on any atom is -0.488 e. The zero-order valence-electron chi connectivity index (χ0n) is 19.2. The molecule has 1 saturated carbocycles. The normalized spacial score (nSPS) is 18.7. The number of nitriles is 1. The van der Waals surface area contributed by atoms with Crippen LogP contribution in [0.2, 0.25) is 0 Å². The number of ether oxygens (including phenoxy) is 1. The number of fused-ring (bicyclic) bond motifs is 1. The summed E-state index contributed by atoms with van der Waals surface area (Å²) in [5, 5.41) is 20.9. The zero-order valence-corrected chi connectivity index (χ0v) is 19.9. The van der Waals surface area contributed by atoms with Gasteiger partial charge in [0.15, 0.2) is 0 Å². The molecule has 1 aliphatic carbocycles. The number of rotatable bonds is 7. The second-order valence-electron chi connectivity index (χ2n) is 8.24. The molecule has 8 nitrogen and oxygen atoms in total. The molecule has 0 aliphatic heterocycles. The molecule has 0 unspecified atom stereocenters. The van der Waals surface area contributed by atoms with E-state index in [1.807, 2.05) is 6.07 Å². The van der Waals surface area contributed by atoms with Crippen molar-refractivity contribution < 1.29 is 22.3 Å². The molecular weight excluding hydrogens is 516 g/mol. The first kappa shape index (κ1) is 26.1. The molecule has 1 fully saturated rings. The number of nitrogens with zero attached hydrogens (tertiary/aromatic N) is 4. The number of nitrogens with two attached hydrogens (primary N) is 1. The molecule has 1 aliphatic rings. The van der Waals surface area contributed by atoms with Gasteiger partial charge >= 0.3 is 6.18 Å². The van der Waals surface area contributed by atoms with Gasteiger partial charge in [-0.1, -0.05) is 17.7 Å². The molecule has 2 heterocycles. The highest BCUT2D eigenvalue weighted by atomic mass is 35.5. The molecule has 2 atom stereocenters. The third-order valence-corrected chi connectivity index (χ3v) is 6.02. The van der Waals surface area contributed by atoms with Crippen molar-refractivity contribution in [3.8, 4) is 17.2 Å². The standard InChI is InChI=1S/C24H19ClF4N6O2/c1-35-20(5-13(9-30)21(6-14(25)8-26)37-22-7-18(22)24(27,28)29)17(11-32-35)12-2-3-15-16(4-12)19(10-31)33-34-23(15)36/h2-6,8,11,18,22H,7,10,31H2,1H3,(H,34,36)/b13-5+,14-8-,21-6+/t18-,22-/m1/s1. The summed E-state index contributed by atoms with van der Waals surface area (Å²) >= 11 is 5.74. The molecule has 0 radical (unpaired) electrons. The Morgan fingerprint density at radius 3 is 2.78 bits per heavy atom. The highest BCUT2D eigenvalue weighted by Crippen LogP contribution is 2.48. The maximum absolute atomic E-state index is 13.0. The van der Waals surface area contributed by atoms with E-state index >= 15 is 0 Å². The van der Waals surface area contributed by atoms with E-state index in [-0.39, 0.29) is 30.6 Å². The summed E-state index contributed by atoms with van der Waals surface area (Å²) in [7, 11) is 1.60. The van der Waals surface area contributed by atoms with Gasteiger partial charge < -0.3 is 10.5 Å². The number of aromatic nitrogens is 4. The first-order valence-corrected chi connectivity index (χ1v) is 11.2. The summed E-state index contributed by atoms with van der Waals surface area (Å²) in [4.78, 5) is 12.2. The van der Waals surface area contributed by atoms with Crippen LogP contribution in [0.3, 0.4) is 0 Å². The molecule has 0 saturated heterocycles. The maximum atomic E-state index is 13.0. The van der Waals surface area contributed by atoms with Gasteiger partial charge in [-0.05, 0) is 30.2 Å². The topological polar surface area (TPSA) is 123 Å². The number of hydrogen-bond acceptors (Lipinski definition) is 6. The van der Waals surface area contributed by atoms with Crippen LogP contribution in [-0.4, -0.2) is 32.3 Å². The van der Waals surface area contributed by atoms with Crippen molar-refractivity contribution in [2.75, 3.05) is 0 Å². The van der Waals surface area contributed by atoms with Gasteiger partial charge in [0, 0.05) is 30.6 Å². The monoisotopic (exact) mass is 534 g/mol. The number of aromatic amines is 1. The van der Waals surface area contributed by atoms with Gasteiger partial charge in [0.05, 0.1) is 39.5 Å². The molecule has 3 N–H and O–H groups in total. The number of aryl methyl sites for hydroxylation is 1. The Bertz CT molecular complexity index is 1550. The molecule has 3 aromatic rings. The van der Waals surface area contributed by atoms with E-state index in [1.54, 1.807) is 25.2 Å². The number of alkyl halides is 3. The van der Waals surface area contributed by atoms with E-state index in [0.29, 0.717) is 33.3 Å². The highest BCUT2D eigenvalue weighted by Gasteiger charge is 2.58. The Morgan fingerprint density at radius 2 is 2.16 bits per heavy atom. The lowest BCUT2D eigenvalue weighted by atomic mass is 10.0. The van der Waals surface area contributed by atoms with Crippen LogP contribution in [0.25, 0.3) is 28.0 Å². The van der Waals surface area contributed by atoms with Gasteiger partial charge in [0.1, 0.15) is 24.3 Å². The third kappa shape index (κ3) is 5.42. The van der Waals surface area contributed by atoms with E-state index in [2.05, 4.69) is 15.3 Å². The van der Waals surface area contributed by atoms with Crippen molar-refractivity contribution in [3.63, 3.8) is 0 Å². The molecule has 13 heteroatoms. The lowest BCUT2D eigenvalue weighted by Crippen LogP contribution is -2.15. The van der Waals surface area contributed by atoms with Gasteiger partial charge in [-0.3, -0.25) is 9.48 Å². The van der Waals surface area contributed by atoms with E-state index in [9.17, 15) is 27.6 Å². The largest absolute Gasteiger partial charge is 0.488 e. The Balaban J connectivity index is 1.79. The highest BCUT2D eigenvalue weighted by molar-refractivity contribution is 6.31. The summed E-state index contributed by atoms with van der Waals surface area (Å²) in [5.41, 5.74) is 7.17. The molecule has 37 heavy (non-hydrogen) atoms. The zero-order chi connectivity index (χ0) is 26.9. The fourth-order valence-electron chi connectivity index (χ4n) is 3.82. The molecule has 0 amide bonds. The van der Waals surface area contributed by atoms with Gasteiger partial charge in [-0.15, -0.1) is 0 Å². The van der Waals surface area contributed by atoms with Crippen molar-refractivity contribution >= 4 is 28.4 Å². The van der Waals surface area contributed by atoms with Crippen LogP contribution in [0.5, 0.6) is 0 Å². The lowest BCUT2D eigenvalue weighted by molar-refractivity contribution is -0.155. The fraction of sp³-hybridized carbons (Fsp3) is 0.250. The fourth-order valence-corrected chi connectivity index (χ4v) is 3.92. The number of H-pyrrole nitrogens is 1. The number of benzene rings is 1. The van der Waals surface area contributed by atoms with Crippen LogP contribution < -0.4 is 11.3 Å². The third-order valence-electron chi connectivity index (χ3n) is 5.83. The maximum Gasteiger partial charge on any atom is 0.395 e. The number of allylic oxidation sites excluding steroid dienone is 3. The summed E-state index contributed by atoms with van der Waals surface area (Å²) in [6, 6.07) is 6.86. The van der Waals surface area contributed by atoms with Crippen molar-refractivity contribution in [2.45, 2.75) is 25.2 Å². The average molecular weight is 535 g/mol. The van der Waals surface area contributed by atoms with Crippen LogP contribution in [0.4, 0.5) is 17.6 Å². The Kier molecular flexibility index (Phi) is 7.20. The van der Waals surface area contributed by atoms with E-state index < -0.39 is 28.8 Å². The first-order valence-electron chi connectivity index (χ1n) is 10.8. The minimum atomic E-state index is -4.46. The summed E-state index contributed by atoms with van der Waals surface area (Å²) in [6.07, 6.45) is -2.13. The van der Waals surface area contributed by atoms with Crippen LogP contribution in [0.1, 0.15) is 17.8 Å². The molecule has 4 rings (SSSR count). The lowest BCUT2D eigenvalue weighted by Gasteiger charge is -2.12. The smallest absolute Gasteiger partial charge is 0.395 e. The van der Waals surface area contributed by atoms with Crippen LogP contribution in [0.15, 0.2) is 58.0 Å². The molecule has 2 aromatic heterocycles. The molecule has 0 spiro atoms. The predicted molar refractivity (Wildman–Crippen MR) is 128 cm³/mol. The van der Waals surface area contributed by atoms with Gasteiger partial charge in [0.25, 0.3) is 5.56 Å². The second-order valence-corrected chi connectivity index (χ2v) is 8.68. The Labute approximate surface area is 212 Å². The SMILES string of the molecule is Cn1ncc(-c2ccc3c(=O)[nH]nc(CN)c3c2)c1/C=C(C#N)/C(=C\C(Cl)=C\F)O[C@@H]1C[C@H]1C(F)(F)F. The quantitative estimate of drug-likeness (QED) is 0.198. The van der Waals surface area contributed by atoms with E-state index in [4.69, 9.17) is 22.1 Å². The van der Waals surface area contributed by atoms with E-state index in [0.717, 1.165) is 6.08 Å². The molecule has 192 valence electrons. The number of nitrogens with one attached hydrogen (secondary N) is 1. The number of hydrogen-bond donors (Lipinski definition) is 2. The molecule has 1 aromatic carbocycles. The van der Waals surface area contributed by atoms with Crippen molar-refractivity contribution in [1.29, 1.82) is 5.26 Å². The van der Waals surface area contributed by atoms with Crippen LogP contribution in [-0.2, 0) is 18.3 Å². The predicted octanol–water partition coefficient (Wildman–Crippen LogP) is 4.59. The van der Waals surface area contributed by atoms with Crippen molar-refractivity contribution in [1.82, 2.24) is 20.0 Å². The van der Waals surface area contributed by atoms with Gasteiger partial charge in [0.2, 0.25) is 0 Å². The van der Waals surface area contributed by atoms with E-state index in [1.165, 1.54) is 17.0 Å². The van der Waals surface area contributed by atoms with Crippen molar-refractivity contribution in [2.24, 2.45) is 18.7 Å². The second kappa shape index (κ2) is 10.2. The van der Waals surface area contributed by atoms with Crippen LogP contribution in [0, 0.1) is 17.2 Å². The Hall–Kier alpha value is -3.95. The summed E-state index contributed by atoms with van der Waals surface area (Å²) in [6.45, 7) is 0.0730. The number of halogens is 5. The first-order chi connectivity index (χ1) is 17.6. The summed E-state index contributed by atoms with van der Waals surface area (Å²) < 4.78 is 58.9. The van der Waals surface area contributed by atoms with Gasteiger partial charge in [-0.2, -0.15) is 28.6 Å².